The van der Waals surface area contributed by atoms with Crippen LogP contribution in [-0.4, -0.2) is 42.6 Å². The summed E-state index contributed by atoms with van der Waals surface area (Å²) in [5.74, 6) is -1.56. The average Bonchev–Trinajstić information content (AvgIpc) is 2.35. The number of aryl methyl sites for hydroxylation is 2. The van der Waals surface area contributed by atoms with Gasteiger partial charge < -0.3 is 14.7 Å². The Morgan fingerprint density at radius 3 is 2.47 bits per heavy atom. The van der Waals surface area contributed by atoms with Crippen LogP contribution in [0.2, 0.25) is 0 Å². The summed E-state index contributed by atoms with van der Waals surface area (Å²) in [4.78, 5) is 23.0. The number of hydrogen-bond donors (Lipinski definition) is 1. The van der Waals surface area contributed by atoms with Crippen LogP contribution in [0.1, 0.15) is 16.7 Å². The molecule has 0 spiro atoms. The molecule has 1 aromatic carbocycles. The Bertz CT molecular complexity index is 496. The molecule has 0 aliphatic heterocycles. The van der Waals surface area contributed by atoms with Crippen molar-refractivity contribution in [2.24, 2.45) is 0 Å². The van der Waals surface area contributed by atoms with Crippen LogP contribution in [0.15, 0.2) is 12.1 Å². The van der Waals surface area contributed by atoms with Gasteiger partial charge in [0.2, 0.25) is 0 Å². The lowest BCUT2D eigenvalue weighted by atomic mass is 10.0. The molecule has 5 nitrogen and oxygen atoms in total. The van der Waals surface area contributed by atoms with Gasteiger partial charge in [0, 0.05) is 13.6 Å². The minimum absolute atomic E-state index is 0.339. The quantitative estimate of drug-likeness (QED) is 0.836. The smallest absolute Gasteiger partial charge is 0.394 e. The monoisotopic (exact) mass is 265 g/mol. The van der Waals surface area contributed by atoms with Gasteiger partial charge in [0.05, 0.1) is 7.11 Å². The Morgan fingerprint density at radius 2 is 1.95 bits per heavy atom. The zero-order chi connectivity index (χ0) is 14.6. The first-order valence-electron chi connectivity index (χ1n) is 5.99. The summed E-state index contributed by atoms with van der Waals surface area (Å²) < 4.78 is 5.33. The maximum Gasteiger partial charge on any atom is 0.394 e. The van der Waals surface area contributed by atoms with Crippen LogP contribution < -0.4 is 4.74 Å². The summed E-state index contributed by atoms with van der Waals surface area (Å²) in [6.07, 6.45) is 0.560. The molecule has 19 heavy (non-hydrogen) atoms. The summed E-state index contributed by atoms with van der Waals surface area (Å²) in [6.45, 7) is 4.30. The molecule has 5 heteroatoms. The van der Waals surface area contributed by atoms with Crippen LogP contribution in [0, 0.1) is 13.8 Å². The first kappa shape index (κ1) is 15.0. The SMILES string of the molecule is COc1cc(C)cc(C)c1CCN(C)C(=O)C(=O)O. The van der Waals surface area contributed by atoms with Crippen LogP contribution >= 0.6 is 0 Å². The molecule has 0 aromatic heterocycles. The van der Waals surface area contributed by atoms with Crippen molar-refractivity contribution in [2.45, 2.75) is 20.3 Å². The van der Waals surface area contributed by atoms with E-state index in [-0.39, 0.29) is 0 Å². The molecule has 0 aliphatic rings. The third-order valence-electron chi connectivity index (χ3n) is 3.02. The predicted octanol–water partition coefficient (Wildman–Crippen LogP) is 1.40. The fourth-order valence-electron chi connectivity index (χ4n) is 2.01. The van der Waals surface area contributed by atoms with E-state index in [9.17, 15) is 9.59 Å². The average molecular weight is 265 g/mol. The predicted molar refractivity (Wildman–Crippen MR) is 71.4 cm³/mol. The fraction of sp³-hybridized carbons (Fsp3) is 0.429. The molecule has 0 aliphatic carbocycles. The molecule has 1 rings (SSSR count). The molecular weight excluding hydrogens is 246 g/mol. The van der Waals surface area contributed by atoms with Gasteiger partial charge >= 0.3 is 11.9 Å². The maximum atomic E-state index is 11.3. The molecule has 0 saturated carbocycles. The number of nitrogens with zero attached hydrogens (tertiary/aromatic N) is 1. The first-order valence-corrected chi connectivity index (χ1v) is 5.99. The molecule has 104 valence electrons. The molecule has 0 heterocycles. The minimum Gasteiger partial charge on any atom is -0.496 e. The largest absolute Gasteiger partial charge is 0.496 e. The van der Waals surface area contributed by atoms with Crippen molar-refractivity contribution in [3.05, 3.63) is 28.8 Å². The zero-order valence-corrected chi connectivity index (χ0v) is 11.7. The number of carbonyl (C=O) groups excluding carboxylic acids is 1. The van der Waals surface area contributed by atoms with E-state index in [1.807, 2.05) is 26.0 Å². The van der Waals surface area contributed by atoms with Gasteiger partial charge in [-0.3, -0.25) is 4.79 Å². The van der Waals surface area contributed by atoms with Crippen LogP contribution in [-0.2, 0) is 16.0 Å². The second-order valence-electron chi connectivity index (χ2n) is 4.54. The molecule has 1 N–H and O–H groups in total. The lowest BCUT2D eigenvalue weighted by Crippen LogP contribution is -2.34. The highest BCUT2D eigenvalue weighted by Gasteiger charge is 2.17. The summed E-state index contributed by atoms with van der Waals surface area (Å²) in [7, 11) is 3.08. The van der Waals surface area contributed by atoms with Gasteiger partial charge in [-0.2, -0.15) is 0 Å². The third-order valence-corrected chi connectivity index (χ3v) is 3.02. The van der Waals surface area contributed by atoms with Crippen molar-refractivity contribution < 1.29 is 19.4 Å². The van der Waals surface area contributed by atoms with Crippen LogP contribution in [0.25, 0.3) is 0 Å². The van der Waals surface area contributed by atoms with E-state index >= 15 is 0 Å². The third kappa shape index (κ3) is 3.71. The van der Waals surface area contributed by atoms with E-state index in [0.717, 1.165) is 22.4 Å². The first-order chi connectivity index (χ1) is 8.86. The molecular formula is C14H19NO4. The second kappa shape index (κ2) is 6.22. The summed E-state index contributed by atoms with van der Waals surface area (Å²) in [6, 6.07) is 3.97. The highest BCUT2D eigenvalue weighted by atomic mass is 16.5. The number of carboxylic acids is 1. The van der Waals surface area contributed by atoms with Crippen molar-refractivity contribution in [1.29, 1.82) is 0 Å². The molecule has 1 amide bonds. The molecule has 0 fully saturated rings. The highest BCUT2D eigenvalue weighted by molar-refractivity contribution is 6.31. The second-order valence-corrected chi connectivity index (χ2v) is 4.54. The Kier molecular flexibility index (Phi) is 4.92. The number of benzene rings is 1. The molecule has 0 radical (unpaired) electrons. The van der Waals surface area contributed by atoms with Gasteiger partial charge in [-0.05, 0) is 43.0 Å². The van der Waals surface area contributed by atoms with E-state index < -0.39 is 11.9 Å². The van der Waals surface area contributed by atoms with E-state index in [2.05, 4.69) is 0 Å². The van der Waals surface area contributed by atoms with E-state index in [1.165, 1.54) is 11.9 Å². The number of carboxylic acid groups (broad SMARTS) is 1. The maximum absolute atomic E-state index is 11.3. The molecule has 0 atom stereocenters. The minimum atomic E-state index is -1.44. The van der Waals surface area contributed by atoms with Gasteiger partial charge in [0.15, 0.2) is 0 Å². The Balaban J connectivity index is 2.83. The van der Waals surface area contributed by atoms with Crippen molar-refractivity contribution in [3.8, 4) is 5.75 Å². The van der Waals surface area contributed by atoms with Gasteiger partial charge in [-0.25, -0.2) is 4.79 Å². The van der Waals surface area contributed by atoms with Crippen molar-refractivity contribution in [1.82, 2.24) is 4.90 Å². The zero-order valence-electron chi connectivity index (χ0n) is 11.7. The van der Waals surface area contributed by atoms with Gasteiger partial charge in [-0.15, -0.1) is 0 Å². The lowest BCUT2D eigenvalue weighted by Gasteiger charge is -2.17. The summed E-state index contributed by atoms with van der Waals surface area (Å²) >= 11 is 0. The molecule has 0 unspecified atom stereocenters. The Labute approximate surface area is 112 Å². The number of ether oxygens (including phenoxy) is 1. The van der Waals surface area contributed by atoms with Gasteiger partial charge in [0.25, 0.3) is 0 Å². The van der Waals surface area contributed by atoms with Gasteiger partial charge in [0.1, 0.15) is 5.75 Å². The lowest BCUT2D eigenvalue weighted by molar-refractivity contribution is -0.155. The van der Waals surface area contributed by atoms with Crippen LogP contribution in [0.3, 0.4) is 0 Å². The number of carbonyl (C=O) groups is 2. The van der Waals surface area contributed by atoms with Crippen molar-refractivity contribution >= 4 is 11.9 Å². The molecule has 0 saturated heterocycles. The van der Waals surface area contributed by atoms with E-state index in [1.54, 1.807) is 7.11 Å². The van der Waals surface area contributed by atoms with Crippen molar-refractivity contribution in [3.63, 3.8) is 0 Å². The number of likely N-dealkylation sites (N-methyl/N-ethyl adjacent to an activating group) is 1. The number of rotatable bonds is 4. The van der Waals surface area contributed by atoms with Gasteiger partial charge in [-0.1, -0.05) is 6.07 Å². The standard InChI is InChI=1S/C14H19NO4/c1-9-7-10(2)11(12(8-9)19-4)5-6-15(3)13(16)14(17)18/h7-8H,5-6H2,1-4H3,(H,17,18). The normalized spacial score (nSPS) is 10.1. The van der Waals surface area contributed by atoms with Crippen molar-refractivity contribution in [2.75, 3.05) is 20.7 Å². The molecule has 1 aromatic rings. The Hall–Kier alpha value is -2.04. The Morgan fingerprint density at radius 1 is 1.32 bits per heavy atom. The number of hydrogen-bond acceptors (Lipinski definition) is 3. The topological polar surface area (TPSA) is 66.8 Å². The van der Waals surface area contributed by atoms with Crippen LogP contribution in [0.4, 0.5) is 0 Å². The molecule has 0 bridgehead atoms. The fourth-order valence-corrected chi connectivity index (χ4v) is 2.01. The van der Waals surface area contributed by atoms with E-state index in [0.29, 0.717) is 13.0 Å². The number of aliphatic carboxylic acids is 1. The van der Waals surface area contributed by atoms with Crippen LogP contribution in [0.5, 0.6) is 5.75 Å². The number of methoxy groups -OCH3 is 1. The highest BCUT2D eigenvalue weighted by Crippen LogP contribution is 2.24. The number of amides is 1. The van der Waals surface area contributed by atoms with E-state index in [4.69, 9.17) is 9.84 Å². The summed E-state index contributed by atoms with van der Waals surface area (Å²) in [5.41, 5.74) is 3.18. The summed E-state index contributed by atoms with van der Waals surface area (Å²) in [5, 5.41) is 8.63.